The number of carbonyl (C=O) groups is 1. The zero-order valence-corrected chi connectivity index (χ0v) is 11.3. The molecule has 0 radical (unpaired) electrons. The van der Waals surface area contributed by atoms with Gasteiger partial charge in [-0.3, -0.25) is 9.36 Å². The molecule has 0 saturated carbocycles. The number of hydrogen-bond acceptors (Lipinski definition) is 2. The fraction of sp³-hybridized carbons (Fsp3) is 0.0714. The van der Waals surface area contributed by atoms with Crippen molar-refractivity contribution in [2.75, 3.05) is 12.1 Å². The molecule has 0 fully saturated rings. The van der Waals surface area contributed by atoms with Crippen molar-refractivity contribution < 1.29 is 9.36 Å². The molecular formula is C14H13N2O2P. The lowest BCUT2D eigenvalue weighted by Crippen LogP contribution is -2.39. The molecule has 4 nitrogen and oxygen atoms in total. The van der Waals surface area contributed by atoms with E-state index in [1.165, 1.54) is 9.79 Å². The van der Waals surface area contributed by atoms with Gasteiger partial charge in [-0.2, -0.15) is 0 Å². The lowest BCUT2D eigenvalue weighted by Gasteiger charge is -2.26. The molecule has 0 aliphatic carbocycles. The van der Waals surface area contributed by atoms with Crippen LogP contribution in [-0.2, 0) is 4.57 Å². The lowest BCUT2D eigenvalue weighted by molar-refractivity contribution is 0.0952. The Bertz CT molecular complexity index is 560. The maximum atomic E-state index is 12.5. The summed E-state index contributed by atoms with van der Waals surface area (Å²) in [5.74, 6) is -0.224. The van der Waals surface area contributed by atoms with Crippen LogP contribution in [0.3, 0.4) is 0 Å². The van der Waals surface area contributed by atoms with E-state index in [2.05, 4.69) is 0 Å². The van der Waals surface area contributed by atoms with Gasteiger partial charge in [0.05, 0.1) is 5.69 Å². The SMILES string of the molecule is CN(P=O)N(C(=O)c1ccccc1)c1ccccc1. The number of para-hydroxylation sites is 1. The van der Waals surface area contributed by atoms with Gasteiger partial charge in [0.25, 0.3) is 14.5 Å². The Labute approximate surface area is 113 Å². The van der Waals surface area contributed by atoms with Gasteiger partial charge in [0, 0.05) is 12.6 Å². The maximum absolute atomic E-state index is 12.5. The summed E-state index contributed by atoms with van der Waals surface area (Å²) in [4.78, 5) is 12.5. The van der Waals surface area contributed by atoms with Crippen molar-refractivity contribution in [1.82, 2.24) is 4.78 Å². The number of hydrogen-bond donors (Lipinski definition) is 0. The number of carbonyl (C=O) groups excluding carboxylic acids is 1. The van der Waals surface area contributed by atoms with Gasteiger partial charge in [-0.25, -0.2) is 5.01 Å². The van der Waals surface area contributed by atoms with Crippen LogP contribution in [0.5, 0.6) is 0 Å². The summed E-state index contributed by atoms with van der Waals surface area (Å²) in [5, 5.41) is 1.38. The van der Waals surface area contributed by atoms with Gasteiger partial charge in [-0.15, -0.1) is 4.78 Å². The summed E-state index contributed by atoms with van der Waals surface area (Å²) in [6.45, 7) is 0. The van der Waals surface area contributed by atoms with Crippen molar-refractivity contribution in [2.45, 2.75) is 0 Å². The van der Waals surface area contributed by atoms with Gasteiger partial charge in [0.1, 0.15) is 0 Å². The lowest BCUT2D eigenvalue weighted by atomic mass is 10.2. The quantitative estimate of drug-likeness (QED) is 0.632. The standard InChI is InChI=1S/C14H13N2O2P/c1-15(19-18)16(13-10-6-3-7-11-13)14(17)12-8-4-2-5-9-12/h2-11H,1H3. The van der Waals surface area contributed by atoms with E-state index in [1.54, 1.807) is 43.4 Å². The Hall–Kier alpha value is -2.03. The molecule has 96 valence electrons. The molecule has 2 aromatic rings. The zero-order valence-electron chi connectivity index (χ0n) is 10.4. The summed E-state index contributed by atoms with van der Waals surface area (Å²) in [6.07, 6.45) is 0. The average molecular weight is 272 g/mol. The van der Waals surface area contributed by atoms with E-state index in [9.17, 15) is 9.36 Å². The Morgan fingerprint density at radius 3 is 2.00 bits per heavy atom. The summed E-state index contributed by atoms with van der Waals surface area (Å²) in [7, 11) is 1.34. The highest BCUT2D eigenvalue weighted by Crippen LogP contribution is 2.21. The number of nitrogens with zero attached hydrogens (tertiary/aromatic N) is 2. The van der Waals surface area contributed by atoms with Crippen molar-refractivity contribution in [3.8, 4) is 0 Å². The third-order valence-electron chi connectivity index (χ3n) is 2.62. The summed E-state index contributed by atoms with van der Waals surface area (Å²) in [6, 6.07) is 18.0. The van der Waals surface area contributed by atoms with Gasteiger partial charge in [-0.05, 0) is 24.3 Å². The number of hydrazine groups is 1. The molecule has 0 aliphatic heterocycles. The van der Waals surface area contributed by atoms with Crippen LogP contribution in [0.15, 0.2) is 60.7 Å². The van der Waals surface area contributed by atoms with Gasteiger partial charge < -0.3 is 0 Å². The van der Waals surface area contributed by atoms with Crippen molar-refractivity contribution in [1.29, 1.82) is 0 Å². The molecule has 1 amide bonds. The number of amides is 1. The van der Waals surface area contributed by atoms with Gasteiger partial charge >= 0.3 is 0 Å². The zero-order chi connectivity index (χ0) is 13.7. The minimum atomic E-state index is -0.249. The Morgan fingerprint density at radius 1 is 0.947 bits per heavy atom. The molecule has 0 heterocycles. The highest BCUT2D eigenvalue weighted by molar-refractivity contribution is 7.20. The summed E-state index contributed by atoms with van der Waals surface area (Å²) >= 11 is 0. The first-order valence-corrected chi connectivity index (χ1v) is 6.52. The molecule has 0 bridgehead atoms. The Morgan fingerprint density at radius 2 is 1.47 bits per heavy atom. The third kappa shape index (κ3) is 3.05. The van der Waals surface area contributed by atoms with E-state index in [0.717, 1.165) is 0 Å². The van der Waals surface area contributed by atoms with Crippen molar-refractivity contribution in [3.63, 3.8) is 0 Å². The monoisotopic (exact) mass is 272 g/mol. The van der Waals surface area contributed by atoms with Crippen LogP contribution in [0, 0.1) is 0 Å². The minimum absolute atomic E-state index is 0.224. The van der Waals surface area contributed by atoms with E-state index in [0.29, 0.717) is 11.3 Å². The van der Waals surface area contributed by atoms with Crippen LogP contribution in [0.1, 0.15) is 10.4 Å². The van der Waals surface area contributed by atoms with Crippen LogP contribution in [0.25, 0.3) is 0 Å². The van der Waals surface area contributed by atoms with E-state index in [-0.39, 0.29) is 14.5 Å². The largest absolute Gasteiger partial charge is 0.273 e. The predicted octanol–water partition coefficient (Wildman–Crippen LogP) is 3.39. The molecule has 0 spiro atoms. The summed E-state index contributed by atoms with van der Waals surface area (Å²) < 4.78 is 12.4. The van der Waals surface area contributed by atoms with E-state index < -0.39 is 0 Å². The van der Waals surface area contributed by atoms with Crippen LogP contribution >= 0.6 is 8.61 Å². The second kappa shape index (κ2) is 6.23. The van der Waals surface area contributed by atoms with Crippen molar-refractivity contribution >= 4 is 20.2 Å². The van der Waals surface area contributed by atoms with Gasteiger partial charge in [0.2, 0.25) is 0 Å². The number of anilines is 1. The molecule has 0 N–H and O–H groups in total. The highest BCUT2D eigenvalue weighted by Gasteiger charge is 2.21. The Balaban J connectivity index is 2.39. The number of benzene rings is 2. The smallest absolute Gasteiger partial charge is 0.267 e. The van der Waals surface area contributed by atoms with Crippen molar-refractivity contribution in [3.05, 3.63) is 66.2 Å². The van der Waals surface area contributed by atoms with Gasteiger partial charge in [-0.1, -0.05) is 36.4 Å². The van der Waals surface area contributed by atoms with Crippen molar-refractivity contribution in [2.24, 2.45) is 0 Å². The summed E-state index contributed by atoms with van der Waals surface area (Å²) in [5.41, 5.74) is 1.21. The fourth-order valence-corrected chi connectivity index (χ4v) is 1.98. The van der Waals surface area contributed by atoms with Gasteiger partial charge in [0.15, 0.2) is 0 Å². The fourth-order valence-electron chi connectivity index (χ4n) is 1.72. The molecule has 2 aromatic carbocycles. The highest BCUT2D eigenvalue weighted by atomic mass is 31.1. The molecule has 0 atom stereocenters. The maximum Gasteiger partial charge on any atom is 0.273 e. The van der Waals surface area contributed by atoms with E-state index >= 15 is 0 Å². The first-order chi connectivity index (χ1) is 9.24. The molecule has 0 aromatic heterocycles. The van der Waals surface area contributed by atoms with E-state index in [1.807, 2.05) is 24.3 Å². The second-order valence-corrected chi connectivity index (χ2v) is 4.63. The van der Waals surface area contributed by atoms with Crippen LogP contribution < -0.4 is 5.01 Å². The average Bonchev–Trinajstić information content (AvgIpc) is 2.49. The van der Waals surface area contributed by atoms with Crippen LogP contribution in [0.4, 0.5) is 5.69 Å². The minimum Gasteiger partial charge on any atom is -0.267 e. The van der Waals surface area contributed by atoms with Crippen LogP contribution in [0.2, 0.25) is 0 Å². The molecular weight excluding hydrogens is 259 g/mol. The molecule has 0 saturated heterocycles. The Kier molecular flexibility index (Phi) is 4.39. The molecule has 0 aliphatic rings. The number of rotatable bonds is 4. The van der Waals surface area contributed by atoms with E-state index in [4.69, 9.17) is 0 Å². The first kappa shape index (κ1) is 13.4. The molecule has 19 heavy (non-hydrogen) atoms. The second-order valence-electron chi connectivity index (χ2n) is 3.89. The van der Waals surface area contributed by atoms with Crippen LogP contribution in [-0.4, -0.2) is 17.7 Å². The topological polar surface area (TPSA) is 40.6 Å². The first-order valence-electron chi connectivity index (χ1n) is 5.75. The normalized spacial score (nSPS) is 10.6. The molecule has 0 unspecified atom stereocenters. The molecule has 5 heteroatoms. The predicted molar refractivity (Wildman–Crippen MR) is 75.1 cm³/mol. The molecule has 2 rings (SSSR count). The third-order valence-corrected chi connectivity index (χ3v) is 3.04.